The maximum absolute atomic E-state index is 12.7. The number of hydrogen-bond acceptors (Lipinski definition) is 7. The van der Waals surface area contributed by atoms with Gasteiger partial charge in [-0.1, -0.05) is 12.1 Å². The zero-order valence-corrected chi connectivity index (χ0v) is 15.8. The predicted molar refractivity (Wildman–Crippen MR) is 102 cm³/mol. The van der Waals surface area contributed by atoms with Crippen molar-refractivity contribution in [2.75, 3.05) is 14.1 Å². The standard InChI is InChI=1S/C20H22N2O6/c1-9-10-5-4-6-12(23)16(10)19(26)17-11(9)7-14(28-20(17)27)18(22(2)3)13(24)8-15(21)25/h4-6,8,14,18,23-24,26H,7H2,1-3H3,(H2,21,25)/b13-8-. The SMILES string of the molecule is Cc1c2c(c(O)c3c(O)cccc13)C(=O)OC(C(/C(O)=C/C(N)=O)N(C)C)C2. The summed E-state index contributed by atoms with van der Waals surface area (Å²) in [6.07, 6.45) is 0.279. The molecule has 0 spiro atoms. The number of carbonyl (C=O) groups is 2. The van der Waals surface area contributed by atoms with Gasteiger partial charge >= 0.3 is 5.97 Å². The summed E-state index contributed by atoms with van der Waals surface area (Å²) in [6, 6.07) is 4.03. The van der Waals surface area contributed by atoms with Gasteiger partial charge in [-0.3, -0.25) is 9.69 Å². The quantitative estimate of drug-likeness (QED) is 0.355. The van der Waals surface area contributed by atoms with Gasteiger partial charge in [0, 0.05) is 12.5 Å². The number of carbonyl (C=O) groups excluding carboxylic acids is 2. The molecule has 0 radical (unpaired) electrons. The average molecular weight is 386 g/mol. The Morgan fingerprint density at radius 2 is 2.04 bits per heavy atom. The first-order valence-electron chi connectivity index (χ1n) is 8.67. The highest BCUT2D eigenvalue weighted by Gasteiger charge is 2.39. The summed E-state index contributed by atoms with van der Waals surface area (Å²) >= 11 is 0. The van der Waals surface area contributed by atoms with E-state index in [0.29, 0.717) is 10.9 Å². The molecule has 2 atom stereocenters. The van der Waals surface area contributed by atoms with Crippen molar-refractivity contribution in [3.63, 3.8) is 0 Å². The van der Waals surface area contributed by atoms with E-state index in [4.69, 9.17) is 10.5 Å². The Labute approximate surface area is 161 Å². The molecule has 1 aliphatic rings. The third kappa shape index (κ3) is 3.11. The first-order chi connectivity index (χ1) is 13.1. The molecule has 8 heteroatoms. The third-order valence-corrected chi connectivity index (χ3v) is 5.04. The number of rotatable bonds is 4. The number of hydrogen-bond donors (Lipinski definition) is 4. The number of likely N-dealkylation sites (N-methyl/N-ethyl adjacent to an activating group) is 1. The first-order valence-corrected chi connectivity index (χ1v) is 8.67. The van der Waals surface area contributed by atoms with Crippen molar-refractivity contribution < 1.29 is 29.6 Å². The third-order valence-electron chi connectivity index (χ3n) is 5.04. The summed E-state index contributed by atoms with van der Waals surface area (Å²) in [7, 11) is 3.34. The number of fused-ring (bicyclic) bond motifs is 2. The zero-order chi connectivity index (χ0) is 20.7. The van der Waals surface area contributed by atoms with Gasteiger partial charge in [0.1, 0.15) is 35.0 Å². The fraction of sp³-hybridized carbons (Fsp3) is 0.300. The maximum atomic E-state index is 12.7. The molecule has 1 heterocycles. The van der Waals surface area contributed by atoms with E-state index in [1.807, 2.05) is 0 Å². The van der Waals surface area contributed by atoms with Crippen molar-refractivity contribution in [3.05, 3.63) is 46.7 Å². The number of primary amides is 1. The molecule has 2 aromatic rings. The highest BCUT2D eigenvalue weighted by molar-refractivity contribution is 6.07. The Morgan fingerprint density at radius 3 is 2.64 bits per heavy atom. The zero-order valence-electron chi connectivity index (χ0n) is 15.8. The van der Waals surface area contributed by atoms with Crippen LogP contribution < -0.4 is 5.73 Å². The molecular formula is C20H22N2O6. The first kappa shape index (κ1) is 19.5. The number of aryl methyl sites for hydroxylation is 1. The molecule has 3 rings (SSSR count). The fourth-order valence-electron chi connectivity index (χ4n) is 3.83. The molecule has 0 aliphatic carbocycles. The largest absolute Gasteiger partial charge is 0.510 e. The van der Waals surface area contributed by atoms with Crippen LogP contribution in [0, 0.1) is 6.92 Å². The summed E-state index contributed by atoms with van der Waals surface area (Å²) in [5, 5.41) is 31.9. The number of benzene rings is 2. The molecule has 148 valence electrons. The number of nitrogens with zero attached hydrogens (tertiary/aromatic N) is 1. The van der Waals surface area contributed by atoms with Crippen LogP contribution in [-0.4, -0.2) is 58.3 Å². The second-order valence-corrected chi connectivity index (χ2v) is 7.05. The molecule has 0 fully saturated rings. The van der Waals surface area contributed by atoms with Crippen LogP contribution in [0.1, 0.15) is 21.5 Å². The Hall–Kier alpha value is -3.26. The van der Waals surface area contributed by atoms with Gasteiger partial charge in [0.25, 0.3) is 0 Å². The molecule has 0 saturated carbocycles. The molecule has 0 saturated heterocycles. The van der Waals surface area contributed by atoms with Crippen LogP contribution >= 0.6 is 0 Å². The maximum Gasteiger partial charge on any atom is 0.342 e. The highest BCUT2D eigenvalue weighted by Crippen LogP contribution is 2.43. The van der Waals surface area contributed by atoms with Crippen molar-refractivity contribution in [2.24, 2.45) is 5.73 Å². The monoisotopic (exact) mass is 386 g/mol. The van der Waals surface area contributed by atoms with Crippen LogP contribution in [0.2, 0.25) is 0 Å². The van der Waals surface area contributed by atoms with E-state index in [0.717, 1.165) is 11.6 Å². The van der Waals surface area contributed by atoms with Crippen LogP contribution in [-0.2, 0) is 16.0 Å². The minimum atomic E-state index is -0.817. The van der Waals surface area contributed by atoms with Crippen molar-refractivity contribution in [2.45, 2.75) is 25.5 Å². The summed E-state index contributed by atoms with van der Waals surface area (Å²) in [5.74, 6) is -2.38. The normalized spacial score (nSPS) is 18.1. The summed E-state index contributed by atoms with van der Waals surface area (Å²) < 4.78 is 5.49. The van der Waals surface area contributed by atoms with Crippen molar-refractivity contribution >= 4 is 22.6 Å². The molecule has 0 bridgehead atoms. The molecule has 2 unspecified atom stereocenters. The predicted octanol–water partition coefficient (Wildman–Crippen LogP) is 1.50. The lowest BCUT2D eigenvalue weighted by Gasteiger charge is -2.35. The molecule has 2 aromatic carbocycles. The number of ether oxygens (including phenoxy) is 1. The van der Waals surface area contributed by atoms with Gasteiger partial charge in [-0.2, -0.15) is 0 Å². The Morgan fingerprint density at radius 1 is 1.36 bits per heavy atom. The molecule has 8 nitrogen and oxygen atoms in total. The van der Waals surface area contributed by atoms with Gasteiger partial charge in [0.05, 0.1) is 5.39 Å². The molecule has 5 N–H and O–H groups in total. The van der Waals surface area contributed by atoms with E-state index in [9.17, 15) is 24.9 Å². The lowest BCUT2D eigenvalue weighted by molar-refractivity contribution is -0.113. The number of aromatic hydroxyl groups is 2. The number of phenols is 2. The van der Waals surface area contributed by atoms with Crippen molar-refractivity contribution in [1.29, 1.82) is 0 Å². The van der Waals surface area contributed by atoms with E-state index in [-0.39, 0.29) is 34.6 Å². The topological polar surface area (TPSA) is 133 Å². The lowest BCUT2D eigenvalue weighted by Crippen LogP contribution is -2.46. The van der Waals surface area contributed by atoms with E-state index >= 15 is 0 Å². The minimum absolute atomic E-state index is 0.00127. The van der Waals surface area contributed by atoms with Crippen LogP contribution in [0.4, 0.5) is 0 Å². The van der Waals surface area contributed by atoms with Crippen LogP contribution in [0.25, 0.3) is 10.8 Å². The van der Waals surface area contributed by atoms with E-state index < -0.39 is 24.0 Å². The Balaban J connectivity index is 2.16. The second-order valence-electron chi connectivity index (χ2n) is 7.05. The lowest BCUT2D eigenvalue weighted by atomic mass is 9.86. The van der Waals surface area contributed by atoms with Crippen LogP contribution in [0.15, 0.2) is 30.0 Å². The van der Waals surface area contributed by atoms with Crippen molar-refractivity contribution in [1.82, 2.24) is 4.90 Å². The van der Waals surface area contributed by atoms with Crippen molar-refractivity contribution in [3.8, 4) is 11.5 Å². The van der Waals surface area contributed by atoms with E-state index in [2.05, 4.69) is 0 Å². The van der Waals surface area contributed by atoms with Gasteiger partial charge in [-0.25, -0.2) is 4.79 Å². The second kappa shape index (κ2) is 7.05. The number of phenolic OH excluding ortho intramolecular Hbond substituents is 2. The Bertz CT molecular complexity index is 1010. The number of cyclic esters (lactones) is 1. The van der Waals surface area contributed by atoms with Gasteiger partial charge in [0.15, 0.2) is 0 Å². The van der Waals surface area contributed by atoms with Crippen LogP contribution in [0.3, 0.4) is 0 Å². The van der Waals surface area contributed by atoms with Gasteiger partial charge in [0.2, 0.25) is 5.91 Å². The Kier molecular flexibility index (Phi) is 4.91. The van der Waals surface area contributed by atoms with E-state index in [1.165, 1.54) is 6.07 Å². The number of nitrogens with two attached hydrogens (primary N) is 1. The molecule has 1 amide bonds. The number of aliphatic hydroxyl groups excluding tert-OH is 1. The number of amides is 1. The van der Waals surface area contributed by atoms with Gasteiger partial charge in [-0.15, -0.1) is 0 Å². The fourth-order valence-corrected chi connectivity index (χ4v) is 3.83. The smallest absolute Gasteiger partial charge is 0.342 e. The summed E-state index contributed by atoms with van der Waals surface area (Å²) in [4.78, 5) is 25.5. The molecule has 0 aromatic heterocycles. The van der Waals surface area contributed by atoms with Gasteiger partial charge in [-0.05, 0) is 43.6 Å². The molecular weight excluding hydrogens is 364 g/mol. The van der Waals surface area contributed by atoms with Crippen LogP contribution in [0.5, 0.6) is 11.5 Å². The highest BCUT2D eigenvalue weighted by atomic mass is 16.5. The molecule has 1 aliphatic heterocycles. The molecule has 28 heavy (non-hydrogen) atoms. The average Bonchev–Trinajstić information content (AvgIpc) is 2.58. The number of aliphatic hydroxyl groups is 1. The minimum Gasteiger partial charge on any atom is -0.510 e. The van der Waals surface area contributed by atoms with Gasteiger partial charge < -0.3 is 25.8 Å². The summed E-state index contributed by atoms with van der Waals surface area (Å²) in [5.41, 5.74) is 6.41. The number of esters is 1. The van der Waals surface area contributed by atoms with E-state index in [1.54, 1.807) is 38.1 Å². The summed E-state index contributed by atoms with van der Waals surface area (Å²) in [6.45, 7) is 1.79.